The van der Waals surface area contributed by atoms with Gasteiger partial charge >= 0.3 is 5.97 Å². The van der Waals surface area contributed by atoms with Gasteiger partial charge in [0, 0.05) is 12.0 Å². The zero-order chi connectivity index (χ0) is 21.1. The molecule has 158 valence electrons. The van der Waals surface area contributed by atoms with E-state index < -0.39 is 5.60 Å². The number of ether oxygens (including phenoxy) is 3. The number of benzene rings is 2. The zero-order valence-corrected chi connectivity index (χ0v) is 18.2. The molecule has 0 radical (unpaired) electrons. The van der Waals surface area contributed by atoms with Gasteiger partial charge in [-0.2, -0.15) is 0 Å². The van der Waals surface area contributed by atoms with Gasteiger partial charge in [0.15, 0.2) is 0 Å². The Bertz CT molecular complexity index is 750. The highest BCUT2D eigenvalue weighted by molar-refractivity contribution is 5.70. The number of carbonyl (C=O) groups excluding carboxylic acids is 1. The fraction of sp³-hybridized carbons (Fsp3) is 0.480. The second-order valence-electron chi connectivity index (χ2n) is 7.78. The Morgan fingerprint density at radius 1 is 0.931 bits per heavy atom. The molecule has 2 aromatic carbocycles. The van der Waals surface area contributed by atoms with Crippen molar-refractivity contribution in [1.82, 2.24) is 0 Å². The fourth-order valence-corrected chi connectivity index (χ4v) is 3.24. The van der Waals surface area contributed by atoms with E-state index in [0.717, 1.165) is 35.5 Å². The van der Waals surface area contributed by atoms with Crippen LogP contribution in [0.5, 0.6) is 11.5 Å². The van der Waals surface area contributed by atoms with Crippen molar-refractivity contribution < 1.29 is 19.0 Å². The number of esters is 1. The molecule has 0 spiro atoms. The quantitative estimate of drug-likeness (QED) is 0.306. The highest BCUT2D eigenvalue weighted by Gasteiger charge is 2.28. The molecule has 0 aromatic heterocycles. The third-order valence-electron chi connectivity index (χ3n) is 4.94. The van der Waals surface area contributed by atoms with Crippen molar-refractivity contribution in [3.63, 3.8) is 0 Å². The van der Waals surface area contributed by atoms with Gasteiger partial charge in [0.05, 0.1) is 7.11 Å². The molecule has 0 aliphatic rings. The summed E-state index contributed by atoms with van der Waals surface area (Å²) in [6, 6.07) is 15.5. The minimum atomic E-state index is -0.753. The van der Waals surface area contributed by atoms with Crippen molar-refractivity contribution in [2.75, 3.05) is 7.11 Å². The maximum atomic E-state index is 12.3. The van der Waals surface area contributed by atoms with Crippen LogP contribution in [0.3, 0.4) is 0 Å². The standard InChI is InChI=1S/C25H34O4/c1-5-6-7-8-9-14-24(26)29-25(2,3)22-12-10-11-13-23(22)28-19-20-15-17-21(27-4)18-16-20/h10-13,15-18H,5-9,14,19H2,1-4H3. The summed E-state index contributed by atoms with van der Waals surface area (Å²) in [6.45, 7) is 6.45. The molecule has 0 aliphatic heterocycles. The predicted molar refractivity (Wildman–Crippen MR) is 116 cm³/mol. The van der Waals surface area contributed by atoms with E-state index in [2.05, 4.69) is 6.92 Å². The third kappa shape index (κ3) is 7.45. The van der Waals surface area contributed by atoms with Crippen molar-refractivity contribution in [1.29, 1.82) is 0 Å². The number of rotatable bonds is 12. The molecular weight excluding hydrogens is 364 g/mol. The summed E-state index contributed by atoms with van der Waals surface area (Å²) in [5, 5.41) is 0. The molecule has 0 bridgehead atoms. The molecule has 4 heteroatoms. The maximum Gasteiger partial charge on any atom is 0.306 e. The first-order valence-electron chi connectivity index (χ1n) is 10.5. The van der Waals surface area contributed by atoms with E-state index in [0.29, 0.717) is 13.0 Å². The molecule has 0 unspecified atom stereocenters. The average molecular weight is 399 g/mol. The van der Waals surface area contributed by atoms with Crippen LogP contribution >= 0.6 is 0 Å². The lowest BCUT2D eigenvalue weighted by atomic mass is 9.96. The second kappa shape index (κ2) is 11.5. The van der Waals surface area contributed by atoms with Crippen LogP contribution in [0, 0.1) is 0 Å². The van der Waals surface area contributed by atoms with Crippen LogP contribution in [-0.4, -0.2) is 13.1 Å². The monoisotopic (exact) mass is 398 g/mol. The lowest BCUT2D eigenvalue weighted by Gasteiger charge is -2.27. The molecule has 4 nitrogen and oxygen atoms in total. The van der Waals surface area contributed by atoms with Crippen molar-refractivity contribution in [3.05, 3.63) is 59.7 Å². The number of hydrogen-bond acceptors (Lipinski definition) is 4. The highest BCUT2D eigenvalue weighted by atomic mass is 16.6. The largest absolute Gasteiger partial charge is 0.497 e. The molecule has 0 fully saturated rings. The summed E-state index contributed by atoms with van der Waals surface area (Å²) in [5.41, 5.74) is 1.16. The van der Waals surface area contributed by atoms with E-state index in [1.807, 2.05) is 62.4 Å². The summed E-state index contributed by atoms with van der Waals surface area (Å²) >= 11 is 0. The first-order chi connectivity index (χ1) is 14.0. The van der Waals surface area contributed by atoms with E-state index in [4.69, 9.17) is 14.2 Å². The van der Waals surface area contributed by atoms with Gasteiger partial charge in [-0.1, -0.05) is 62.9 Å². The number of hydrogen-bond donors (Lipinski definition) is 0. The zero-order valence-electron chi connectivity index (χ0n) is 18.2. The van der Waals surface area contributed by atoms with Crippen molar-refractivity contribution in [2.24, 2.45) is 0 Å². The number of para-hydroxylation sites is 1. The van der Waals surface area contributed by atoms with Gasteiger partial charge < -0.3 is 14.2 Å². The summed E-state index contributed by atoms with van der Waals surface area (Å²) in [4.78, 5) is 12.3. The van der Waals surface area contributed by atoms with Gasteiger partial charge in [-0.3, -0.25) is 4.79 Å². The van der Waals surface area contributed by atoms with Gasteiger partial charge in [-0.05, 0) is 44.0 Å². The number of unbranched alkanes of at least 4 members (excludes halogenated alkanes) is 4. The minimum absolute atomic E-state index is 0.156. The summed E-state index contributed by atoms with van der Waals surface area (Å²) in [7, 11) is 1.65. The lowest BCUT2D eigenvalue weighted by molar-refractivity contribution is -0.157. The maximum absolute atomic E-state index is 12.3. The van der Waals surface area contributed by atoms with Gasteiger partial charge in [0.2, 0.25) is 0 Å². The molecule has 2 aromatic rings. The summed E-state index contributed by atoms with van der Waals surface area (Å²) < 4.78 is 17.1. The van der Waals surface area contributed by atoms with Crippen molar-refractivity contribution >= 4 is 5.97 Å². The van der Waals surface area contributed by atoms with Gasteiger partial charge in [0.1, 0.15) is 23.7 Å². The van der Waals surface area contributed by atoms with Crippen LogP contribution in [0.4, 0.5) is 0 Å². The van der Waals surface area contributed by atoms with E-state index in [9.17, 15) is 4.79 Å². The molecule has 0 N–H and O–H groups in total. The van der Waals surface area contributed by atoms with Crippen molar-refractivity contribution in [2.45, 2.75) is 71.5 Å². The van der Waals surface area contributed by atoms with Crippen molar-refractivity contribution in [3.8, 4) is 11.5 Å². The SMILES string of the molecule is CCCCCCCC(=O)OC(C)(C)c1ccccc1OCc1ccc(OC)cc1. The van der Waals surface area contributed by atoms with Crippen LogP contribution in [0.25, 0.3) is 0 Å². The van der Waals surface area contributed by atoms with Crippen LogP contribution in [0.15, 0.2) is 48.5 Å². The Morgan fingerprint density at radius 2 is 1.62 bits per heavy atom. The molecule has 0 saturated carbocycles. The lowest BCUT2D eigenvalue weighted by Crippen LogP contribution is -2.26. The smallest absolute Gasteiger partial charge is 0.306 e. The molecule has 0 heterocycles. The third-order valence-corrected chi connectivity index (χ3v) is 4.94. The Balaban J connectivity index is 1.96. The molecule has 0 amide bonds. The van der Waals surface area contributed by atoms with Gasteiger partial charge in [-0.15, -0.1) is 0 Å². The minimum Gasteiger partial charge on any atom is -0.497 e. The Labute approximate surface area is 175 Å². The molecule has 0 aliphatic carbocycles. The van der Waals surface area contributed by atoms with Crippen LogP contribution in [0.2, 0.25) is 0 Å². The van der Waals surface area contributed by atoms with Gasteiger partial charge in [-0.25, -0.2) is 0 Å². The van der Waals surface area contributed by atoms with Crippen LogP contribution in [0.1, 0.15) is 70.4 Å². The van der Waals surface area contributed by atoms with E-state index in [1.165, 1.54) is 19.3 Å². The van der Waals surface area contributed by atoms with Crippen LogP contribution in [-0.2, 0) is 21.7 Å². The molecule has 29 heavy (non-hydrogen) atoms. The second-order valence-corrected chi connectivity index (χ2v) is 7.78. The van der Waals surface area contributed by atoms with E-state index >= 15 is 0 Å². The number of carbonyl (C=O) groups is 1. The van der Waals surface area contributed by atoms with E-state index in [1.54, 1.807) is 7.11 Å². The predicted octanol–water partition coefficient (Wildman–Crippen LogP) is 6.41. The Hall–Kier alpha value is -2.49. The molecule has 0 atom stereocenters. The normalized spacial score (nSPS) is 11.2. The summed E-state index contributed by atoms with van der Waals surface area (Å²) in [6.07, 6.45) is 6.01. The Morgan fingerprint density at radius 3 is 2.31 bits per heavy atom. The Kier molecular flexibility index (Phi) is 9.04. The average Bonchev–Trinajstić information content (AvgIpc) is 2.72. The highest BCUT2D eigenvalue weighted by Crippen LogP contribution is 2.33. The summed E-state index contributed by atoms with van der Waals surface area (Å²) in [5.74, 6) is 1.39. The topological polar surface area (TPSA) is 44.8 Å². The van der Waals surface area contributed by atoms with E-state index in [-0.39, 0.29) is 5.97 Å². The first kappa shape index (κ1) is 22.8. The molecular formula is C25H34O4. The first-order valence-corrected chi connectivity index (χ1v) is 10.5. The van der Waals surface area contributed by atoms with Gasteiger partial charge in [0.25, 0.3) is 0 Å². The molecule has 0 saturated heterocycles. The fourth-order valence-electron chi connectivity index (χ4n) is 3.24. The van der Waals surface area contributed by atoms with Crippen LogP contribution < -0.4 is 9.47 Å². The molecule has 2 rings (SSSR count). The number of methoxy groups -OCH3 is 1.